The maximum absolute atomic E-state index is 11.8. The highest BCUT2D eigenvalue weighted by Gasteiger charge is 2.70. The van der Waals surface area contributed by atoms with E-state index in [0.29, 0.717) is 41.9 Å². The van der Waals surface area contributed by atoms with Crippen molar-refractivity contribution in [2.45, 2.75) is 134 Å². The van der Waals surface area contributed by atoms with Crippen LogP contribution in [0.15, 0.2) is 0 Å². The number of hydrogen-bond acceptors (Lipinski definition) is 9. The van der Waals surface area contributed by atoms with Crippen molar-refractivity contribution in [1.29, 1.82) is 0 Å². The van der Waals surface area contributed by atoms with Gasteiger partial charge in [0.1, 0.15) is 24.4 Å². The van der Waals surface area contributed by atoms with Gasteiger partial charge in [0.15, 0.2) is 12.1 Å². The van der Waals surface area contributed by atoms with Gasteiger partial charge in [-0.1, -0.05) is 27.7 Å². The number of fused-ring (bicyclic) bond motifs is 7. The Morgan fingerprint density at radius 2 is 1.59 bits per heavy atom. The molecule has 0 aromatic heterocycles. The number of aliphatic hydroxyl groups is 5. The first-order valence-electron chi connectivity index (χ1n) is 16.4. The van der Waals surface area contributed by atoms with Crippen LogP contribution in [0.5, 0.6) is 0 Å². The number of ether oxygens (including phenoxy) is 4. The van der Waals surface area contributed by atoms with Gasteiger partial charge >= 0.3 is 0 Å². The van der Waals surface area contributed by atoms with Crippen molar-refractivity contribution in [1.82, 2.24) is 0 Å². The van der Waals surface area contributed by atoms with E-state index in [1.54, 1.807) is 0 Å². The normalized spacial score (nSPS) is 62.1. The predicted molar refractivity (Wildman–Crippen MR) is 147 cm³/mol. The highest BCUT2D eigenvalue weighted by molar-refractivity contribution is 5.17. The first-order valence-corrected chi connectivity index (χ1v) is 16.4. The second-order valence-corrected chi connectivity index (χ2v) is 15.6. The third-order valence-corrected chi connectivity index (χ3v) is 13.9. The molecular formula is C32H52O9. The first-order chi connectivity index (χ1) is 19.4. The molecule has 0 radical (unpaired) electrons. The summed E-state index contributed by atoms with van der Waals surface area (Å²) in [5, 5.41) is 53.4. The zero-order valence-corrected chi connectivity index (χ0v) is 25.1. The predicted octanol–water partition coefficient (Wildman–Crippen LogP) is 2.20. The van der Waals surface area contributed by atoms with Gasteiger partial charge in [0, 0.05) is 17.8 Å². The van der Waals surface area contributed by atoms with Crippen LogP contribution >= 0.6 is 0 Å². The molecule has 0 bridgehead atoms. The Labute approximate surface area is 243 Å². The van der Waals surface area contributed by atoms with Gasteiger partial charge in [-0.3, -0.25) is 0 Å². The molecule has 234 valence electrons. The summed E-state index contributed by atoms with van der Waals surface area (Å²) >= 11 is 0. The van der Waals surface area contributed by atoms with Crippen LogP contribution in [-0.4, -0.2) is 93.6 Å². The van der Waals surface area contributed by atoms with Crippen molar-refractivity contribution in [2.24, 2.45) is 52.3 Å². The van der Waals surface area contributed by atoms with Gasteiger partial charge in [-0.05, 0) is 85.9 Å². The number of hydrogen-bond donors (Lipinski definition) is 5. The SMILES string of the molecule is C[C@H]1CC[C@@]2(OC1)O[C@H]1C[C@H]3[C@@H]4CC[C@@H]5C[C@@H](O[C@@H]6OC[C@@H](O)[C@H](O)[C@H]6O)[C@@H](O)[C@@H](O)[C@]5(C)[C@H]4CC[C@]3(C)[C@H]1[C@@H]2C. The average Bonchev–Trinajstić information content (AvgIpc) is 3.39. The molecule has 7 fully saturated rings. The molecule has 9 heteroatoms. The van der Waals surface area contributed by atoms with Crippen molar-refractivity contribution in [3.8, 4) is 0 Å². The lowest BCUT2D eigenvalue weighted by Gasteiger charge is -2.63. The van der Waals surface area contributed by atoms with E-state index in [-0.39, 0.29) is 24.0 Å². The summed E-state index contributed by atoms with van der Waals surface area (Å²) < 4.78 is 24.8. The van der Waals surface area contributed by atoms with E-state index >= 15 is 0 Å². The minimum atomic E-state index is -1.42. The molecule has 0 aromatic carbocycles. The van der Waals surface area contributed by atoms with Crippen LogP contribution in [0.1, 0.15) is 79.1 Å². The minimum Gasteiger partial charge on any atom is -0.390 e. The molecule has 0 amide bonds. The molecule has 0 aromatic rings. The van der Waals surface area contributed by atoms with E-state index in [1.165, 1.54) is 0 Å². The van der Waals surface area contributed by atoms with E-state index in [4.69, 9.17) is 18.9 Å². The minimum absolute atomic E-state index is 0.157. The number of aliphatic hydroxyl groups excluding tert-OH is 5. The van der Waals surface area contributed by atoms with Crippen molar-refractivity contribution >= 4 is 0 Å². The Bertz CT molecular complexity index is 982. The first kappa shape index (κ1) is 29.4. The molecule has 3 heterocycles. The summed E-state index contributed by atoms with van der Waals surface area (Å²) in [6.07, 6.45) is 0.260. The van der Waals surface area contributed by atoms with Crippen molar-refractivity contribution in [3.05, 3.63) is 0 Å². The smallest absolute Gasteiger partial charge is 0.186 e. The quantitative estimate of drug-likeness (QED) is 0.311. The van der Waals surface area contributed by atoms with E-state index < -0.39 is 54.1 Å². The second-order valence-electron chi connectivity index (χ2n) is 15.6. The van der Waals surface area contributed by atoms with Crippen LogP contribution in [0.25, 0.3) is 0 Å². The zero-order valence-electron chi connectivity index (χ0n) is 25.1. The van der Waals surface area contributed by atoms with Crippen LogP contribution in [-0.2, 0) is 18.9 Å². The molecule has 7 aliphatic rings. The van der Waals surface area contributed by atoms with Gasteiger partial charge in [0.2, 0.25) is 0 Å². The lowest BCUT2D eigenvalue weighted by Crippen LogP contribution is -2.65. The molecule has 3 aliphatic heterocycles. The fourth-order valence-electron chi connectivity index (χ4n) is 11.5. The monoisotopic (exact) mass is 580 g/mol. The Hall–Kier alpha value is -0.360. The van der Waals surface area contributed by atoms with Crippen LogP contribution < -0.4 is 0 Å². The third kappa shape index (κ3) is 4.13. The molecule has 4 aliphatic carbocycles. The van der Waals surface area contributed by atoms with Crippen LogP contribution in [0, 0.1) is 52.3 Å². The van der Waals surface area contributed by atoms with Crippen molar-refractivity contribution < 1.29 is 44.5 Å². The molecule has 1 spiro atoms. The molecule has 18 atom stereocenters. The molecule has 3 saturated heterocycles. The molecule has 5 N–H and O–H groups in total. The fourth-order valence-corrected chi connectivity index (χ4v) is 11.5. The largest absolute Gasteiger partial charge is 0.390 e. The summed E-state index contributed by atoms with van der Waals surface area (Å²) in [5.41, 5.74) is -0.243. The molecule has 4 saturated carbocycles. The zero-order chi connectivity index (χ0) is 29.1. The van der Waals surface area contributed by atoms with E-state index in [2.05, 4.69) is 27.7 Å². The van der Waals surface area contributed by atoms with Crippen molar-refractivity contribution in [2.75, 3.05) is 13.2 Å². The van der Waals surface area contributed by atoms with E-state index in [0.717, 1.165) is 51.6 Å². The van der Waals surface area contributed by atoms with Gasteiger partial charge in [0.05, 0.1) is 31.5 Å². The van der Waals surface area contributed by atoms with Gasteiger partial charge in [-0.2, -0.15) is 0 Å². The summed E-state index contributed by atoms with van der Waals surface area (Å²) in [6.45, 7) is 9.95. The Balaban J connectivity index is 1.08. The molecular weight excluding hydrogens is 528 g/mol. The summed E-state index contributed by atoms with van der Waals surface area (Å²) in [4.78, 5) is 0. The standard InChI is InChI=1S/C32H52O9/c1-15-7-10-32(39-13-15)16(2)24-22(41-32)12-20-18-6-5-17-11-23(40-29-27(36)25(34)21(33)14-38-29)26(35)28(37)31(17,4)19(18)8-9-30(20,24)3/h15-29,33-37H,5-14H2,1-4H3/t15-,16-,17+,18+,19-,20-,21+,22-,23+,24-,25-,26+,27+,28+,29-,30-,31-,32+/m0/s1. The highest BCUT2D eigenvalue weighted by atomic mass is 16.7. The van der Waals surface area contributed by atoms with Gasteiger partial charge < -0.3 is 44.5 Å². The molecule has 0 unspecified atom stereocenters. The third-order valence-electron chi connectivity index (χ3n) is 13.9. The fraction of sp³-hybridized carbons (Fsp3) is 1.00. The lowest BCUT2D eigenvalue weighted by molar-refractivity contribution is -0.311. The van der Waals surface area contributed by atoms with Crippen LogP contribution in [0.3, 0.4) is 0 Å². The second kappa shape index (κ2) is 10.1. The van der Waals surface area contributed by atoms with E-state index in [1.807, 2.05) is 0 Å². The van der Waals surface area contributed by atoms with Gasteiger partial charge in [0.25, 0.3) is 0 Å². The van der Waals surface area contributed by atoms with Crippen molar-refractivity contribution in [3.63, 3.8) is 0 Å². The summed E-state index contributed by atoms with van der Waals surface area (Å²) in [7, 11) is 0. The summed E-state index contributed by atoms with van der Waals surface area (Å²) in [5.74, 6) is 2.54. The Morgan fingerprint density at radius 3 is 2.32 bits per heavy atom. The topological polar surface area (TPSA) is 138 Å². The van der Waals surface area contributed by atoms with E-state index in [9.17, 15) is 25.5 Å². The summed E-state index contributed by atoms with van der Waals surface area (Å²) in [6, 6.07) is 0. The van der Waals surface area contributed by atoms with Crippen LogP contribution in [0.2, 0.25) is 0 Å². The van der Waals surface area contributed by atoms with Gasteiger partial charge in [-0.25, -0.2) is 0 Å². The average molecular weight is 581 g/mol. The van der Waals surface area contributed by atoms with Crippen LogP contribution in [0.4, 0.5) is 0 Å². The Morgan fingerprint density at radius 1 is 0.805 bits per heavy atom. The Kier molecular flexibility index (Phi) is 7.21. The molecule has 7 rings (SSSR count). The lowest BCUT2D eigenvalue weighted by atomic mass is 9.43. The molecule has 9 nitrogen and oxygen atoms in total. The highest BCUT2D eigenvalue weighted by Crippen LogP contribution is 2.71. The van der Waals surface area contributed by atoms with Gasteiger partial charge in [-0.15, -0.1) is 0 Å². The maximum Gasteiger partial charge on any atom is 0.186 e. The maximum atomic E-state index is 11.8. The number of rotatable bonds is 2. The molecule has 41 heavy (non-hydrogen) atoms.